The van der Waals surface area contributed by atoms with Crippen molar-refractivity contribution in [2.24, 2.45) is 4.99 Å². The van der Waals surface area contributed by atoms with Crippen LogP contribution in [0.25, 0.3) is 0 Å². The number of aliphatic imine (C=N–C) groups is 1. The molecule has 0 fully saturated rings. The Balaban J connectivity index is 0.00000392. The van der Waals surface area contributed by atoms with Crippen molar-refractivity contribution in [2.75, 3.05) is 27.8 Å². The molecule has 0 amide bonds. The van der Waals surface area contributed by atoms with E-state index in [0.717, 1.165) is 22.8 Å². The fourth-order valence-corrected chi connectivity index (χ4v) is 2.57. The second-order valence-corrected chi connectivity index (χ2v) is 6.23. The summed E-state index contributed by atoms with van der Waals surface area (Å²) in [4.78, 5) is 4.26. The lowest BCUT2D eigenvalue weighted by molar-refractivity contribution is 0.223. The number of nitrogens with zero attached hydrogens (tertiary/aromatic N) is 1. The van der Waals surface area contributed by atoms with E-state index in [4.69, 9.17) is 14.2 Å². The Labute approximate surface area is 184 Å². The molecule has 0 saturated carbocycles. The number of methoxy groups -OCH3 is 2. The van der Waals surface area contributed by atoms with Gasteiger partial charge in [-0.3, -0.25) is 4.99 Å². The van der Waals surface area contributed by atoms with E-state index in [-0.39, 0.29) is 30.1 Å². The van der Waals surface area contributed by atoms with Gasteiger partial charge in [0, 0.05) is 19.2 Å². The lowest BCUT2D eigenvalue weighted by atomic mass is 10.1. The maximum absolute atomic E-state index is 5.90. The van der Waals surface area contributed by atoms with Crippen molar-refractivity contribution in [1.29, 1.82) is 0 Å². The van der Waals surface area contributed by atoms with Gasteiger partial charge in [-0.2, -0.15) is 0 Å². The van der Waals surface area contributed by atoms with Crippen molar-refractivity contribution in [3.63, 3.8) is 0 Å². The van der Waals surface area contributed by atoms with Crippen LogP contribution in [-0.2, 0) is 6.54 Å². The number of guanidine groups is 1. The summed E-state index contributed by atoms with van der Waals surface area (Å²) in [5.41, 5.74) is 2.25. The highest BCUT2D eigenvalue weighted by Gasteiger charge is 2.08. The molecule has 0 aliphatic carbocycles. The Morgan fingerprint density at radius 1 is 1.00 bits per heavy atom. The molecular weight excluding hydrogens is 469 g/mol. The van der Waals surface area contributed by atoms with Gasteiger partial charge < -0.3 is 24.8 Å². The van der Waals surface area contributed by atoms with Gasteiger partial charge in [-0.15, -0.1) is 24.0 Å². The normalized spacial score (nSPS) is 11.8. The molecule has 1 atom stereocenters. The molecule has 6 nitrogen and oxygen atoms in total. The lowest BCUT2D eigenvalue weighted by Gasteiger charge is -2.18. The van der Waals surface area contributed by atoms with Gasteiger partial charge in [0.1, 0.15) is 23.4 Å². The molecule has 0 saturated heterocycles. The van der Waals surface area contributed by atoms with Crippen LogP contribution < -0.4 is 24.8 Å². The Morgan fingerprint density at radius 2 is 1.68 bits per heavy atom. The molecule has 0 heterocycles. The number of nitrogens with one attached hydrogen (secondary N) is 2. The molecule has 2 aromatic carbocycles. The highest BCUT2D eigenvalue weighted by molar-refractivity contribution is 14.0. The second kappa shape index (κ2) is 12.3. The van der Waals surface area contributed by atoms with E-state index >= 15 is 0 Å². The van der Waals surface area contributed by atoms with E-state index in [1.54, 1.807) is 21.3 Å². The van der Waals surface area contributed by atoms with Crippen molar-refractivity contribution >= 4 is 29.9 Å². The predicted molar refractivity (Wildman–Crippen MR) is 124 cm³/mol. The second-order valence-electron chi connectivity index (χ2n) is 6.23. The Hall–Kier alpha value is -2.16. The van der Waals surface area contributed by atoms with Crippen molar-refractivity contribution in [2.45, 2.75) is 26.5 Å². The van der Waals surface area contributed by atoms with E-state index in [2.05, 4.69) is 27.8 Å². The first-order valence-electron chi connectivity index (χ1n) is 8.94. The van der Waals surface area contributed by atoms with Gasteiger partial charge in [0.2, 0.25) is 0 Å². The Kier molecular flexibility index (Phi) is 10.5. The fraction of sp³-hybridized carbons (Fsp3) is 0.381. The van der Waals surface area contributed by atoms with Gasteiger partial charge in [-0.1, -0.05) is 12.1 Å². The number of ether oxygens (including phenoxy) is 3. The Morgan fingerprint density at radius 3 is 2.29 bits per heavy atom. The first-order chi connectivity index (χ1) is 13.0. The third-order valence-electron chi connectivity index (χ3n) is 4.07. The highest BCUT2D eigenvalue weighted by Crippen LogP contribution is 2.20. The molecule has 2 rings (SSSR count). The number of hydrogen-bond donors (Lipinski definition) is 2. The quantitative estimate of drug-likeness (QED) is 0.329. The summed E-state index contributed by atoms with van der Waals surface area (Å²) < 4.78 is 16.5. The summed E-state index contributed by atoms with van der Waals surface area (Å²) in [5, 5.41) is 6.58. The van der Waals surface area contributed by atoms with E-state index in [9.17, 15) is 0 Å². The van der Waals surface area contributed by atoms with Gasteiger partial charge in [-0.25, -0.2) is 0 Å². The minimum Gasteiger partial charge on any atom is -0.497 e. The molecule has 2 aromatic rings. The summed E-state index contributed by atoms with van der Waals surface area (Å²) in [6.07, 6.45) is -0.0224. The van der Waals surface area contributed by atoms with Crippen molar-refractivity contribution < 1.29 is 14.2 Å². The SMILES string of the molecule is CN=C(NCc1ccc(C)cc1OC)NCC(C)Oc1ccc(OC)cc1.I. The molecule has 28 heavy (non-hydrogen) atoms. The van der Waals surface area contributed by atoms with Gasteiger partial charge in [0.15, 0.2) is 5.96 Å². The van der Waals surface area contributed by atoms with Crippen molar-refractivity contribution in [1.82, 2.24) is 10.6 Å². The van der Waals surface area contributed by atoms with E-state index < -0.39 is 0 Å². The van der Waals surface area contributed by atoms with Crippen LogP contribution in [0.1, 0.15) is 18.1 Å². The van der Waals surface area contributed by atoms with Gasteiger partial charge in [-0.05, 0) is 49.7 Å². The van der Waals surface area contributed by atoms with Gasteiger partial charge in [0.05, 0.1) is 20.8 Å². The number of rotatable bonds is 8. The topological polar surface area (TPSA) is 64.1 Å². The third-order valence-corrected chi connectivity index (χ3v) is 4.07. The molecule has 2 N–H and O–H groups in total. The first-order valence-corrected chi connectivity index (χ1v) is 8.94. The summed E-state index contributed by atoms with van der Waals surface area (Å²) in [6, 6.07) is 13.7. The van der Waals surface area contributed by atoms with E-state index in [1.807, 2.05) is 44.2 Å². The zero-order valence-electron chi connectivity index (χ0n) is 17.1. The number of hydrogen-bond acceptors (Lipinski definition) is 4. The van der Waals surface area contributed by atoms with Crippen LogP contribution in [0.4, 0.5) is 0 Å². The minimum atomic E-state index is -0.0224. The van der Waals surface area contributed by atoms with Crippen molar-refractivity contribution in [3.05, 3.63) is 53.6 Å². The lowest BCUT2D eigenvalue weighted by Crippen LogP contribution is -2.41. The third kappa shape index (κ3) is 7.46. The van der Waals surface area contributed by atoms with Crippen LogP contribution in [0, 0.1) is 6.92 Å². The highest BCUT2D eigenvalue weighted by atomic mass is 127. The van der Waals surface area contributed by atoms with Crippen molar-refractivity contribution in [3.8, 4) is 17.2 Å². The van der Waals surface area contributed by atoms with Crippen LogP contribution in [0.15, 0.2) is 47.5 Å². The fourth-order valence-electron chi connectivity index (χ4n) is 2.57. The molecule has 0 bridgehead atoms. The van der Waals surface area contributed by atoms with Crippen LogP contribution in [0.5, 0.6) is 17.2 Å². The summed E-state index contributed by atoms with van der Waals surface area (Å²) in [6.45, 7) is 5.30. The maximum atomic E-state index is 5.90. The van der Waals surface area contributed by atoms with Crippen LogP contribution in [0.2, 0.25) is 0 Å². The van der Waals surface area contributed by atoms with Gasteiger partial charge >= 0.3 is 0 Å². The van der Waals surface area contributed by atoms with Gasteiger partial charge in [0.25, 0.3) is 0 Å². The minimum absolute atomic E-state index is 0. The first kappa shape index (κ1) is 23.9. The smallest absolute Gasteiger partial charge is 0.191 e. The largest absolute Gasteiger partial charge is 0.497 e. The zero-order chi connectivity index (χ0) is 19.6. The molecule has 0 spiro atoms. The number of halogens is 1. The molecule has 154 valence electrons. The zero-order valence-corrected chi connectivity index (χ0v) is 19.4. The molecular formula is C21H30IN3O3. The summed E-state index contributed by atoms with van der Waals surface area (Å²) >= 11 is 0. The average molecular weight is 499 g/mol. The van der Waals surface area contributed by atoms with Crippen LogP contribution in [0.3, 0.4) is 0 Å². The molecule has 0 radical (unpaired) electrons. The molecule has 0 aliphatic rings. The summed E-state index contributed by atoms with van der Waals surface area (Å²) in [7, 11) is 5.08. The number of benzene rings is 2. The maximum Gasteiger partial charge on any atom is 0.191 e. The summed E-state index contributed by atoms with van der Waals surface area (Å²) in [5.74, 6) is 3.19. The van der Waals surface area contributed by atoms with E-state index in [0.29, 0.717) is 19.0 Å². The predicted octanol–water partition coefficient (Wildman–Crippen LogP) is 3.76. The monoisotopic (exact) mass is 499 g/mol. The number of aryl methyl sites for hydroxylation is 1. The molecule has 1 unspecified atom stereocenters. The molecule has 0 aromatic heterocycles. The molecule has 7 heteroatoms. The Bertz CT molecular complexity index is 751. The average Bonchev–Trinajstić information content (AvgIpc) is 2.69. The standard InChI is InChI=1S/C21H29N3O3.HI/c1-15-6-7-17(20(12-15)26-5)14-24-21(22-3)23-13-16(2)27-19-10-8-18(25-4)9-11-19;/h6-12,16H,13-14H2,1-5H3,(H2,22,23,24);1H. The van der Waals surface area contributed by atoms with Crippen LogP contribution in [-0.4, -0.2) is 39.9 Å². The van der Waals surface area contributed by atoms with Crippen LogP contribution >= 0.6 is 24.0 Å². The van der Waals surface area contributed by atoms with E-state index in [1.165, 1.54) is 5.56 Å². The molecule has 0 aliphatic heterocycles.